The number of nitrogens with one attached hydrogen (secondary N) is 1. The van der Waals surface area contributed by atoms with Gasteiger partial charge in [0.05, 0.1) is 0 Å². The van der Waals surface area contributed by atoms with Crippen LogP contribution < -0.4 is 10.1 Å². The van der Waals surface area contributed by atoms with Crippen molar-refractivity contribution in [1.82, 2.24) is 5.32 Å². The molecule has 0 aliphatic rings. The van der Waals surface area contributed by atoms with Crippen molar-refractivity contribution in [3.05, 3.63) is 29.8 Å². The lowest BCUT2D eigenvalue weighted by atomic mass is 10.1. The van der Waals surface area contributed by atoms with Crippen molar-refractivity contribution in [1.29, 1.82) is 0 Å². The molecule has 0 saturated carbocycles. The predicted octanol–water partition coefficient (Wildman–Crippen LogP) is 4.08. The number of hydrogen-bond acceptors (Lipinski definition) is 2. The lowest BCUT2D eigenvalue weighted by molar-refractivity contribution is -0.274. The molecule has 1 atom stereocenters. The third-order valence-corrected chi connectivity index (χ3v) is 2.92. The van der Waals surface area contributed by atoms with E-state index in [0.29, 0.717) is 18.5 Å². The maximum absolute atomic E-state index is 12.0. The molecule has 0 fully saturated rings. The van der Waals surface area contributed by atoms with Gasteiger partial charge in [-0.05, 0) is 30.5 Å². The molecule has 1 unspecified atom stereocenters. The van der Waals surface area contributed by atoms with E-state index in [1.807, 2.05) is 0 Å². The molecule has 2 nitrogen and oxygen atoms in total. The molecule has 0 spiro atoms. The molecule has 6 heteroatoms. The summed E-state index contributed by atoms with van der Waals surface area (Å²) in [5.74, 6) is 0.383. The van der Waals surface area contributed by atoms with Crippen LogP contribution in [0.15, 0.2) is 24.3 Å². The zero-order chi connectivity index (χ0) is 14.3. The molecule has 1 rings (SSSR count). The van der Waals surface area contributed by atoms with Crippen LogP contribution in [-0.2, 0) is 6.54 Å². The smallest absolute Gasteiger partial charge is 0.406 e. The zero-order valence-electron chi connectivity index (χ0n) is 10.6. The van der Waals surface area contributed by atoms with Gasteiger partial charge in [-0.25, -0.2) is 0 Å². The minimum Gasteiger partial charge on any atom is -0.406 e. The van der Waals surface area contributed by atoms with Gasteiger partial charge in [-0.1, -0.05) is 19.1 Å². The molecule has 1 aromatic rings. The Kier molecular flexibility index (Phi) is 6.45. The van der Waals surface area contributed by atoms with E-state index in [-0.39, 0.29) is 5.75 Å². The van der Waals surface area contributed by atoms with E-state index >= 15 is 0 Å². The largest absolute Gasteiger partial charge is 0.573 e. The van der Waals surface area contributed by atoms with Crippen molar-refractivity contribution in [3.8, 4) is 5.75 Å². The fourth-order valence-electron chi connectivity index (χ4n) is 1.65. The van der Waals surface area contributed by atoms with E-state index in [1.54, 1.807) is 12.1 Å². The molecule has 108 valence electrons. The van der Waals surface area contributed by atoms with Crippen LogP contribution in [0.5, 0.6) is 5.75 Å². The number of benzene rings is 1. The minimum atomic E-state index is -4.65. The Balaban J connectivity index is 2.48. The van der Waals surface area contributed by atoms with Gasteiger partial charge in [0.15, 0.2) is 0 Å². The summed E-state index contributed by atoms with van der Waals surface area (Å²) in [6.07, 6.45) is -2.82. The maximum atomic E-state index is 12.0. The van der Waals surface area contributed by atoms with Gasteiger partial charge in [0.25, 0.3) is 0 Å². The van der Waals surface area contributed by atoms with Crippen LogP contribution >= 0.6 is 11.6 Å². The first kappa shape index (κ1) is 16.1. The molecule has 0 amide bonds. The number of hydrogen-bond donors (Lipinski definition) is 1. The molecule has 0 aliphatic carbocycles. The summed E-state index contributed by atoms with van der Waals surface area (Å²) in [4.78, 5) is 0. The van der Waals surface area contributed by atoms with Crippen molar-refractivity contribution < 1.29 is 17.9 Å². The molecule has 1 N–H and O–H groups in total. The van der Waals surface area contributed by atoms with Gasteiger partial charge in [0.2, 0.25) is 0 Å². The third kappa shape index (κ3) is 6.68. The van der Waals surface area contributed by atoms with Crippen molar-refractivity contribution >= 4 is 11.6 Å². The minimum absolute atomic E-state index is 0.205. The summed E-state index contributed by atoms with van der Waals surface area (Å²) in [5.41, 5.74) is 0.905. The normalized spacial score (nSPS) is 13.3. The van der Waals surface area contributed by atoms with E-state index in [4.69, 9.17) is 11.6 Å². The van der Waals surface area contributed by atoms with E-state index in [0.717, 1.165) is 18.4 Å². The van der Waals surface area contributed by atoms with Crippen LogP contribution in [0.2, 0.25) is 0 Å². The van der Waals surface area contributed by atoms with Gasteiger partial charge >= 0.3 is 6.36 Å². The van der Waals surface area contributed by atoms with Gasteiger partial charge in [0.1, 0.15) is 5.75 Å². The molecule has 0 radical (unpaired) electrons. The number of ether oxygens (including phenoxy) is 1. The summed E-state index contributed by atoms with van der Waals surface area (Å²) in [6.45, 7) is 2.66. The van der Waals surface area contributed by atoms with Crippen LogP contribution in [0.1, 0.15) is 25.3 Å². The van der Waals surface area contributed by atoms with Crippen LogP contribution in [-0.4, -0.2) is 18.3 Å². The highest BCUT2D eigenvalue weighted by atomic mass is 35.5. The second-order valence-electron chi connectivity index (χ2n) is 4.16. The van der Waals surface area contributed by atoms with Crippen LogP contribution in [0.3, 0.4) is 0 Å². The third-order valence-electron chi connectivity index (χ3n) is 2.70. The first-order valence-electron chi connectivity index (χ1n) is 6.08. The average Bonchev–Trinajstić information content (AvgIpc) is 2.34. The first-order valence-corrected chi connectivity index (χ1v) is 6.62. The molecule has 0 aromatic heterocycles. The molecule has 0 aliphatic heterocycles. The van der Waals surface area contributed by atoms with Crippen molar-refractivity contribution in [3.63, 3.8) is 0 Å². The maximum Gasteiger partial charge on any atom is 0.573 e. The Labute approximate surface area is 115 Å². The fourth-order valence-corrected chi connectivity index (χ4v) is 1.92. The molecule has 0 saturated heterocycles. The second-order valence-corrected chi connectivity index (χ2v) is 4.53. The number of alkyl halides is 4. The number of rotatable bonds is 7. The highest BCUT2D eigenvalue weighted by molar-refractivity contribution is 6.17. The first-order chi connectivity index (χ1) is 8.94. The topological polar surface area (TPSA) is 21.3 Å². The summed E-state index contributed by atoms with van der Waals surface area (Å²) in [5, 5.41) is 3.31. The highest BCUT2D eigenvalue weighted by Crippen LogP contribution is 2.22. The van der Waals surface area contributed by atoms with Gasteiger partial charge in [-0.15, -0.1) is 24.8 Å². The van der Waals surface area contributed by atoms with E-state index in [9.17, 15) is 13.2 Å². The Morgan fingerprint density at radius 2 is 1.89 bits per heavy atom. The summed E-state index contributed by atoms with van der Waals surface area (Å²) in [7, 11) is 0. The fraction of sp³-hybridized carbons (Fsp3) is 0.538. The lowest BCUT2D eigenvalue weighted by Crippen LogP contribution is -2.28. The Morgan fingerprint density at radius 1 is 1.26 bits per heavy atom. The highest BCUT2D eigenvalue weighted by Gasteiger charge is 2.30. The molecule has 0 heterocycles. The summed E-state index contributed by atoms with van der Waals surface area (Å²) in [6, 6.07) is 6.17. The molecule has 0 bridgehead atoms. The Hall–Kier alpha value is -0.940. The quantitative estimate of drug-likeness (QED) is 0.765. The van der Waals surface area contributed by atoms with Crippen LogP contribution in [0.4, 0.5) is 13.2 Å². The second kappa shape index (κ2) is 7.60. The Morgan fingerprint density at radius 3 is 2.37 bits per heavy atom. The zero-order valence-corrected chi connectivity index (χ0v) is 11.4. The molecular weight excluding hydrogens is 279 g/mol. The molecule has 1 aromatic carbocycles. The van der Waals surface area contributed by atoms with E-state index in [1.165, 1.54) is 12.1 Å². The van der Waals surface area contributed by atoms with Gasteiger partial charge < -0.3 is 10.1 Å². The molecular formula is C13H17ClF3NO. The Bertz CT molecular complexity index is 367. The van der Waals surface area contributed by atoms with Crippen molar-refractivity contribution in [2.45, 2.75) is 38.7 Å². The summed E-state index contributed by atoms with van der Waals surface area (Å²) >= 11 is 5.68. The monoisotopic (exact) mass is 295 g/mol. The number of halogens is 4. The van der Waals surface area contributed by atoms with Crippen molar-refractivity contribution in [2.75, 3.05) is 5.88 Å². The van der Waals surface area contributed by atoms with Gasteiger partial charge in [0, 0.05) is 18.5 Å². The van der Waals surface area contributed by atoms with Gasteiger partial charge in [-0.3, -0.25) is 0 Å². The predicted molar refractivity (Wildman–Crippen MR) is 69.4 cm³/mol. The van der Waals surface area contributed by atoms with E-state index < -0.39 is 6.36 Å². The van der Waals surface area contributed by atoms with Crippen LogP contribution in [0, 0.1) is 0 Å². The van der Waals surface area contributed by atoms with Crippen LogP contribution in [0.25, 0.3) is 0 Å². The SMILES string of the molecule is CCC(CCCl)NCc1ccc(OC(F)(F)F)cc1. The molecule has 19 heavy (non-hydrogen) atoms. The van der Waals surface area contributed by atoms with Crippen molar-refractivity contribution in [2.24, 2.45) is 0 Å². The van der Waals surface area contributed by atoms with Gasteiger partial charge in [-0.2, -0.15) is 0 Å². The average molecular weight is 296 g/mol. The summed E-state index contributed by atoms with van der Waals surface area (Å²) < 4.78 is 39.7. The van der Waals surface area contributed by atoms with E-state index in [2.05, 4.69) is 17.0 Å². The lowest BCUT2D eigenvalue weighted by Gasteiger charge is -2.15. The standard InChI is InChI=1S/C13H17ClF3NO/c1-2-11(7-8-14)18-9-10-3-5-12(6-4-10)19-13(15,16)17/h3-6,11,18H,2,7-9H2,1H3.